The van der Waals surface area contributed by atoms with Gasteiger partial charge in [-0.1, -0.05) is 24.3 Å². The van der Waals surface area contributed by atoms with Crippen LogP contribution in [0.5, 0.6) is 0 Å². The van der Waals surface area contributed by atoms with E-state index in [1.807, 2.05) is 24.3 Å². The second-order valence-corrected chi connectivity index (χ2v) is 6.22. The fraction of sp³-hybridized carbons (Fsp3) is 0.300. The Bertz CT molecular complexity index is 1010. The Morgan fingerprint density at radius 3 is 2.86 bits per heavy atom. The maximum atomic E-state index is 12.3. The normalized spacial score (nSPS) is 10.8. The van der Waals surface area contributed by atoms with Crippen LogP contribution in [0, 0.1) is 0 Å². The Morgan fingerprint density at radius 1 is 1.25 bits per heavy atom. The lowest BCUT2D eigenvalue weighted by Gasteiger charge is -2.07. The van der Waals surface area contributed by atoms with Gasteiger partial charge in [-0.3, -0.25) is 14.3 Å². The summed E-state index contributed by atoms with van der Waals surface area (Å²) in [4.78, 5) is 23.9. The Labute approximate surface area is 162 Å². The minimum atomic E-state index is -0.282. The van der Waals surface area contributed by atoms with Crippen molar-refractivity contribution in [2.45, 2.75) is 26.3 Å². The zero-order valence-electron chi connectivity index (χ0n) is 15.6. The predicted molar refractivity (Wildman–Crippen MR) is 100 cm³/mol. The van der Waals surface area contributed by atoms with E-state index in [0.717, 1.165) is 11.1 Å². The van der Waals surface area contributed by atoms with Crippen molar-refractivity contribution in [3.63, 3.8) is 0 Å². The number of hydrogen-bond acceptors (Lipinski definition) is 6. The standard InChI is InChI=1S/C20H21N4O4/c1-2-28-20(27)12-16-5-3-4-15(10-16)11-18-19(26)6-7-24(22-18)17-13-21-23(14-17)8-9-25/h3-7,10,13-14H,2,8-9,11-12H2,1H3/q-1. The molecule has 8 nitrogen and oxygen atoms in total. The minimum Gasteiger partial charge on any atom is -0.853 e. The first-order valence-electron chi connectivity index (χ1n) is 9.02. The van der Waals surface area contributed by atoms with Crippen LogP contribution in [0.25, 0.3) is 5.69 Å². The number of carbonyl (C=O) groups excluding carboxylic acids is 1. The highest BCUT2D eigenvalue weighted by molar-refractivity contribution is 5.72. The number of benzene rings is 1. The topological polar surface area (TPSA) is 102 Å². The minimum absolute atomic E-state index is 0.168. The van der Waals surface area contributed by atoms with Gasteiger partial charge in [-0.2, -0.15) is 10.2 Å². The van der Waals surface area contributed by atoms with Crippen molar-refractivity contribution in [3.05, 3.63) is 76.0 Å². The molecule has 28 heavy (non-hydrogen) atoms. The summed E-state index contributed by atoms with van der Waals surface area (Å²) in [5.74, 6) is -0.282. The van der Waals surface area contributed by atoms with Gasteiger partial charge in [0.15, 0.2) is 0 Å². The van der Waals surface area contributed by atoms with Gasteiger partial charge in [0.1, 0.15) is 11.4 Å². The van der Waals surface area contributed by atoms with Crippen molar-refractivity contribution in [1.29, 1.82) is 0 Å². The molecule has 0 bridgehead atoms. The van der Waals surface area contributed by atoms with E-state index in [2.05, 4.69) is 10.2 Å². The number of hydrogen-bond donors (Lipinski definition) is 0. The SMILES string of the molecule is CCOC(=O)Cc1cccc(Cc2nn(-c3cnn(CC[O-])c3)ccc2=O)c1. The average molecular weight is 381 g/mol. The monoisotopic (exact) mass is 381 g/mol. The highest BCUT2D eigenvalue weighted by Crippen LogP contribution is 2.11. The molecule has 0 aliphatic carbocycles. The van der Waals surface area contributed by atoms with Crippen molar-refractivity contribution < 1.29 is 14.6 Å². The highest BCUT2D eigenvalue weighted by atomic mass is 16.5. The van der Waals surface area contributed by atoms with Crippen LogP contribution in [0.2, 0.25) is 0 Å². The summed E-state index contributed by atoms with van der Waals surface area (Å²) in [6, 6.07) is 8.91. The van der Waals surface area contributed by atoms with Gasteiger partial charge in [0.2, 0.25) is 5.43 Å². The molecule has 146 valence electrons. The molecule has 0 aliphatic heterocycles. The third-order valence-corrected chi connectivity index (χ3v) is 4.10. The van der Waals surface area contributed by atoms with Crippen LogP contribution in [-0.4, -0.2) is 38.7 Å². The molecule has 1 aromatic carbocycles. The molecular formula is C20H21N4O4-. The predicted octanol–water partition coefficient (Wildman–Crippen LogP) is 0.486. The van der Waals surface area contributed by atoms with Crippen molar-refractivity contribution in [2.75, 3.05) is 13.2 Å². The second kappa shape index (κ2) is 9.09. The molecule has 0 amide bonds. The van der Waals surface area contributed by atoms with Crippen LogP contribution in [-0.2, 0) is 28.9 Å². The zero-order valence-corrected chi connectivity index (χ0v) is 15.6. The quantitative estimate of drug-likeness (QED) is 0.526. The van der Waals surface area contributed by atoms with E-state index < -0.39 is 0 Å². The summed E-state index contributed by atoms with van der Waals surface area (Å²) in [6.45, 7) is 2.13. The molecule has 0 spiro atoms. The summed E-state index contributed by atoms with van der Waals surface area (Å²) < 4.78 is 8.08. The number of rotatable bonds is 8. The summed E-state index contributed by atoms with van der Waals surface area (Å²) in [6.07, 6.45) is 5.40. The van der Waals surface area contributed by atoms with E-state index in [1.54, 1.807) is 34.9 Å². The molecular weight excluding hydrogens is 360 g/mol. The van der Waals surface area contributed by atoms with Crippen LogP contribution in [0.3, 0.4) is 0 Å². The first-order chi connectivity index (χ1) is 13.6. The fourth-order valence-electron chi connectivity index (χ4n) is 2.82. The number of aromatic nitrogens is 4. The van der Waals surface area contributed by atoms with E-state index in [9.17, 15) is 14.7 Å². The van der Waals surface area contributed by atoms with E-state index in [1.165, 1.54) is 6.07 Å². The van der Waals surface area contributed by atoms with Crippen LogP contribution < -0.4 is 10.5 Å². The first-order valence-corrected chi connectivity index (χ1v) is 9.02. The Kier molecular flexibility index (Phi) is 6.33. The molecule has 0 saturated heterocycles. The Hall–Kier alpha value is -3.26. The summed E-state index contributed by atoms with van der Waals surface area (Å²) in [7, 11) is 0. The first kappa shape index (κ1) is 19.5. The van der Waals surface area contributed by atoms with Gasteiger partial charge < -0.3 is 9.84 Å². The highest BCUT2D eigenvalue weighted by Gasteiger charge is 2.09. The zero-order chi connectivity index (χ0) is 19.9. The lowest BCUT2D eigenvalue weighted by Crippen LogP contribution is -2.16. The largest absolute Gasteiger partial charge is 0.853 e. The smallest absolute Gasteiger partial charge is 0.310 e. The molecule has 3 rings (SSSR count). The lowest BCUT2D eigenvalue weighted by atomic mass is 10.0. The van der Waals surface area contributed by atoms with Crippen LogP contribution in [0.15, 0.2) is 53.7 Å². The lowest BCUT2D eigenvalue weighted by molar-refractivity contribution is -0.370. The van der Waals surface area contributed by atoms with Crippen LogP contribution in [0.1, 0.15) is 23.7 Å². The molecule has 0 aliphatic rings. The molecule has 0 unspecified atom stereocenters. The van der Waals surface area contributed by atoms with E-state index >= 15 is 0 Å². The summed E-state index contributed by atoms with van der Waals surface area (Å²) in [5, 5.41) is 19.2. The number of esters is 1. The maximum absolute atomic E-state index is 12.3. The van der Waals surface area contributed by atoms with Crippen molar-refractivity contribution in [3.8, 4) is 5.69 Å². The van der Waals surface area contributed by atoms with E-state index in [-0.39, 0.29) is 31.0 Å². The van der Waals surface area contributed by atoms with E-state index in [0.29, 0.717) is 24.4 Å². The molecule has 2 aromatic heterocycles. The molecule has 0 N–H and O–H groups in total. The van der Waals surface area contributed by atoms with Gasteiger partial charge in [0.05, 0.1) is 25.4 Å². The number of ether oxygens (including phenoxy) is 1. The third-order valence-electron chi connectivity index (χ3n) is 4.10. The third kappa shape index (κ3) is 4.92. The van der Waals surface area contributed by atoms with Gasteiger partial charge in [-0.05, 0) is 18.1 Å². The maximum Gasteiger partial charge on any atom is 0.310 e. The van der Waals surface area contributed by atoms with Crippen molar-refractivity contribution in [1.82, 2.24) is 19.6 Å². The number of carbonyl (C=O) groups is 1. The van der Waals surface area contributed by atoms with Gasteiger partial charge in [0, 0.05) is 25.2 Å². The van der Waals surface area contributed by atoms with Crippen LogP contribution >= 0.6 is 0 Å². The van der Waals surface area contributed by atoms with Gasteiger partial charge in [-0.25, -0.2) is 4.68 Å². The molecule has 3 aromatic rings. The molecule has 0 fully saturated rings. The summed E-state index contributed by atoms with van der Waals surface area (Å²) in [5.41, 5.74) is 2.59. The number of nitrogens with zero attached hydrogens (tertiary/aromatic N) is 4. The van der Waals surface area contributed by atoms with Crippen molar-refractivity contribution >= 4 is 5.97 Å². The molecule has 2 heterocycles. The molecule has 0 atom stereocenters. The summed E-state index contributed by atoms with van der Waals surface area (Å²) >= 11 is 0. The van der Waals surface area contributed by atoms with E-state index in [4.69, 9.17) is 4.74 Å². The van der Waals surface area contributed by atoms with Crippen molar-refractivity contribution in [2.24, 2.45) is 0 Å². The van der Waals surface area contributed by atoms with Gasteiger partial charge in [-0.15, -0.1) is 6.61 Å². The van der Waals surface area contributed by atoms with Crippen LogP contribution in [0.4, 0.5) is 0 Å². The molecule has 0 saturated carbocycles. The average Bonchev–Trinajstić information content (AvgIpc) is 3.13. The fourth-order valence-corrected chi connectivity index (χ4v) is 2.82. The Morgan fingerprint density at radius 2 is 2.07 bits per heavy atom. The van der Waals surface area contributed by atoms with Gasteiger partial charge in [0.25, 0.3) is 0 Å². The second-order valence-electron chi connectivity index (χ2n) is 6.22. The van der Waals surface area contributed by atoms with Gasteiger partial charge >= 0.3 is 5.97 Å². The Balaban J connectivity index is 1.80. The molecule has 0 radical (unpaired) electrons. The molecule has 8 heteroatoms.